The van der Waals surface area contributed by atoms with E-state index in [9.17, 15) is 0 Å². The van der Waals surface area contributed by atoms with Gasteiger partial charge in [0, 0.05) is 38.5 Å². The van der Waals surface area contributed by atoms with Crippen molar-refractivity contribution in [2.24, 2.45) is 18.7 Å². The zero-order valence-electron chi connectivity index (χ0n) is 11.5. The molecule has 0 aliphatic carbocycles. The number of likely N-dealkylation sites (tertiary alicyclic amines) is 1. The van der Waals surface area contributed by atoms with Gasteiger partial charge < -0.3 is 10.5 Å². The number of nitrogens with zero attached hydrogens (tertiary/aromatic N) is 3. The fourth-order valence-electron chi connectivity index (χ4n) is 2.93. The van der Waals surface area contributed by atoms with E-state index in [0.717, 1.165) is 19.7 Å². The Bertz CT molecular complexity index is 377. The van der Waals surface area contributed by atoms with Gasteiger partial charge in [0.25, 0.3) is 0 Å². The number of ether oxygens (including phenoxy) is 1. The average Bonchev–Trinajstić information content (AvgIpc) is 2.90. The molecule has 1 fully saturated rings. The summed E-state index contributed by atoms with van der Waals surface area (Å²) in [5, 5.41) is 4.26. The molecule has 0 radical (unpaired) electrons. The summed E-state index contributed by atoms with van der Waals surface area (Å²) < 4.78 is 7.09. The van der Waals surface area contributed by atoms with Gasteiger partial charge in [0.15, 0.2) is 0 Å². The van der Waals surface area contributed by atoms with Gasteiger partial charge in [-0.1, -0.05) is 0 Å². The minimum Gasteiger partial charge on any atom is -0.384 e. The Hall–Kier alpha value is -0.910. The molecule has 1 aliphatic rings. The molecule has 102 valence electrons. The number of hydrogen-bond acceptors (Lipinski definition) is 4. The molecule has 5 heteroatoms. The summed E-state index contributed by atoms with van der Waals surface area (Å²) in [5.74, 6) is 0.632. The van der Waals surface area contributed by atoms with Gasteiger partial charge in [0.2, 0.25) is 0 Å². The molecule has 0 saturated carbocycles. The van der Waals surface area contributed by atoms with Crippen LogP contribution in [0.2, 0.25) is 0 Å². The second kappa shape index (κ2) is 5.82. The van der Waals surface area contributed by atoms with E-state index in [1.807, 2.05) is 17.9 Å². The lowest BCUT2D eigenvalue weighted by molar-refractivity contribution is 0.143. The van der Waals surface area contributed by atoms with Crippen LogP contribution >= 0.6 is 0 Å². The summed E-state index contributed by atoms with van der Waals surface area (Å²) >= 11 is 0. The fraction of sp³-hybridized carbons (Fsp3) is 0.769. The van der Waals surface area contributed by atoms with Crippen LogP contribution < -0.4 is 5.73 Å². The highest BCUT2D eigenvalue weighted by molar-refractivity contribution is 5.13. The lowest BCUT2D eigenvalue weighted by Gasteiger charge is -2.30. The van der Waals surface area contributed by atoms with Crippen molar-refractivity contribution in [3.8, 4) is 0 Å². The topological polar surface area (TPSA) is 56.3 Å². The third-order valence-electron chi connectivity index (χ3n) is 3.68. The normalized spacial score (nSPS) is 24.3. The van der Waals surface area contributed by atoms with E-state index in [1.165, 1.54) is 12.0 Å². The highest BCUT2D eigenvalue weighted by Crippen LogP contribution is 2.29. The Morgan fingerprint density at radius 2 is 2.39 bits per heavy atom. The van der Waals surface area contributed by atoms with Gasteiger partial charge in [0.05, 0.1) is 18.8 Å². The van der Waals surface area contributed by atoms with Crippen molar-refractivity contribution in [1.29, 1.82) is 0 Å². The summed E-state index contributed by atoms with van der Waals surface area (Å²) in [4.78, 5) is 2.46. The van der Waals surface area contributed by atoms with Crippen molar-refractivity contribution < 1.29 is 4.74 Å². The molecule has 0 aromatic carbocycles. The molecule has 2 N–H and O–H groups in total. The molecule has 0 spiro atoms. The van der Waals surface area contributed by atoms with Crippen molar-refractivity contribution in [1.82, 2.24) is 14.7 Å². The Morgan fingerprint density at radius 3 is 2.94 bits per heavy atom. The van der Waals surface area contributed by atoms with E-state index in [-0.39, 0.29) is 12.1 Å². The molecule has 1 aromatic rings. The van der Waals surface area contributed by atoms with Crippen LogP contribution in [0.3, 0.4) is 0 Å². The number of rotatable bonds is 5. The maximum Gasteiger partial charge on any atom is 0.0538 e. The van der Waals surface area contributed by atoms with Crippen molar-refractivity contribution >= 4 is 0 Å². The van der Waals surface area contributed by atoms with Crippen LogP contribution in [0, 0.1) is 5.92 Å². The molecule has 0 amide bonds. The monoisotopic (exact) mass is 252 g/mol. The Labute approximate surface area is 109 Å². The Kier molecular flexibility index (Phi) is 4.37. The van der Waals surface area contributed by atoms with E-state index >= 15 is 0 Å². The molecule has 3 atom stereocenters. The van der Waals surface area contributed by atoms with Gasteiger partial charge in [-0.15, -0.1) is 0 Å². The highest BCUT2D eigenvalue weighted by atomic mass is 16.5. The highest BCUT2D eigenvalue weighted by Gasteiger charge is 2.31. The second-order valence-electron chi connectivity index (χ2n) is 5.36. The van der Waals surface area contributed by atoms with Crippen molar-refractivity contribution in [2.75, 3.05) is 26.8 Å². The van der Waals surface area contributed by atoms with Crippen molar-refractivity contribution in [2.45, 2.75) is 25.4 Å². The summed E-state index contributed by atoms with van der Waals surface area (Å²) in [6.45, 7) is 5.07. The first-order valence-electron chi connectivity index (χ1n) is 6.59. The lowest BCUT2D eigenvalue weighted by Crippen LogP contribution is -2.38. The molecule has 2 rings (SSSR count). The standard InChI is InChI=1S/C13H24N4O/c1-10(14)13(12-6-15-16(2)8-12)17-5-4-11(7-17)9-18-3/h6,8,10-11,13H,4-5,7,9,14H2,1-3H3. The SMILES string of the molecule is COCC1CCN(C(c2cnn(C)c2)C(C)N)C1. The Morgan fingerprint density at radius 1 is 1.61 bits per heavy atom. The molecule has 2 heterocycles. The number of aryl methyl sites for hydroxylation is 1. The van der Waals surface area contributed by atoms with E-state index in [0.29, 0.717) is 5.92 Å². The average molecular weight is 252 g/mol. The molecule has 3 unspecified atom stereocenters. The predicted molar refractivity (Wildman–Crippen MR) is 71.2 cm³/mol. The minimum absolute atomic E-state index is 0.107. The molecular weight excluding hydrogens is 228 g/mol. The van der Waals surface area contributed by atoms with E-state index in [2.05, 4.69) is 23.1 Å². The van der Waals surface area contributed by atoms with Crippen LogP contribution in [0.1, 0.15) is 24.9 Å². The van der Waals surface area contributed by atoms with E-state index < -0.39 is 0 Å². The largest absolute Gasteiger partial charge is 0.384 e. The summed E-state index contributed by atoms with van der Waals surface area (Å²) in [6, 6.07) is 0.371. The van der Waals surface area contributed by atoms with E-state index in [4.69, 9.17) is 10.5 Å². The van der Waals surface area contributed by atoms with Gasteiger partial charge in [0.1, 0.15) is 0 Å². The third-order valence-corrected chi connectivity index (χ3v) is 3.68. The van der Waals surface area contributed by atoms with Crippen LogP contribution in [0.25, 0.3) is 0 Å². The molecule has 1 aromatic heterocycles. The molecule has 5 nitrogen and oxygen atoms in total. The van der Waals surface area contributed by atoms with Gasteiger partial charge in [-0.05, 0) is 25.8 Å². The summed E-state index contributed by atoms with van der Waals surface area (Å²) in [6.07, 6.45) is 5.19. The van der Waals surface area contributed by atoms with Crippen LogP contribution in [0.5, 0.6) is 0 Å². The predicted octanol–water partition coefficient (Wildman–Crippen LogP) is 0.777. The zero-order chi connectivity index (χ0) is 13.1. The first-order chi connectivity index (χ1) is 8.61. The van der Waals surface area contributed by atoms with Crippen LogP contribution in [-0.4, -0.2) is 47.5 Å². The first-order valence-corrected chi connectivity index (χ1v) is 6.59. The number of methoxy groups -OCH3 is 1. The van der Waals surface area contributed by atoms with Crippen LogP contribution in [0.15, 0.2) is 12.4 Å². The minimum atomic E-state index is 0.107. The second-order valence-corrected chi connectivity index (χ2v) is 5.36. The van der Waals surface area contributed by atoms with Gasteiger partial charge in [-0.2, -0.15) is 5.10 Å². The fourth-order valence-corrected chi connectivity index (χ4v) is 2.93. The molecule has 18 heavy (non-hydrogen) atoms. The smallest absolute Gasteiger partial charge is 0.0538 e. The first kappa shape index (κ1) is 13.5. The molecule has 1 aliphatic heterocycles. The number of hydrogen-bond donors (Lipinski definition) is 1. The quantitative estimate of drug-likeness (QED) is 0.841. The van der Waals surface area contributed by atoms with Crippen molar-refractivity contribution in [3.63, 3.8) is 0 Å². The van der Waals surface area contributed by atoms with Gasteiger partial charge >= 0.3 is 0 Å². The maximum absolute atomic E-state index is 6.17. The number of nitrogens with two attached hydrogens (primary N) is 1. The Balaban J connectivity index is 2.07. The molecule has 1 saturated heterocycles. The molecular formula is C13H24N4O. The van der Waals surface area contributed by atoms with Gasteiger partial charge in [-0.3, -0.25) is 9.58 Å². The van der Waals surface area contributed by atoms with Crippen LogP contribution in [0.4, 0.5) is 0 Å². The third kappa shape index (κ3) is 2.91. The van der Waals surface area contributed by atoms with Gasteiger partial charge in [-0.25, -0.2) is 0 Å². The van der Waals surface area contributed by atoms with E-state index in [1.54, 1.807) is 7.11 Å². The van der Waals surface area contributed by atoms with Crippen molar-refractivity contribution in [3.05, 3.63) is 18.0 Å². The summed E-state index contributed by atoms with van der Waals surface area (Å²) in [7, 11) is 3.71. The molecule has 0 bridgehead atoms. The zero-order valence-corrected chi connectivity index (χ0v) is 11.5. The maximum atomic E-state index is 6.17. The lowest BCUT2D eigenvalue weighted by atomic mass is 10.0. The van der Waals surface area contributed by atoms with Crippen LogP contribution in [-0.2, 0) is 11.8 Å². The summed E-state index contributed by atoms with van der Waals surface area (Å²) in [5.41, 5.74) is 7.38. The number of aromatic nitrogens is 2.